The zero-order chi connectivity index (χ0) is 24.9. The first-order valence-electron chi connectivity index (χ1n) is 10.4. The summed E-state index contributed by atoms with van der Waals surface area (Å²) in [6.45, 7) is 3.61. The molecule has 14 nitrogen and oxygen atoms in total. The van der Waals surface area contributed by atoms with Gasteiger partial charge >= 0.3 is 0 Å². The summed E-state index contributed by atoms with van der Waals surface area (Å²) in [7, 11) is 1.35. The van der Waals surface area contributed by atoms with Crippen LogP contribution < -0.4 is 22.5 Å². The van der Waals surface area contributed by atoms with Crippen molar-refractivity contribution in [3.8, 4) is 0 Å². The third-order valence-electron chi connectivity index (χ3n) is 5.34. The molecule has 0 radical (unpaired) electrons. The summed E-state index contributed by atoms with van der Waals surface area (Å²) in [5, 5.41) is 10.1. The van der Waals surface area contributed by atoms with E-state index < -0.39 is 47.7 Å². The number of aromatic nitrogens is 3. The predicted molar refractivity (Wildman–Crippen MR) is 113 cm³/mol. The van der Waals surface area contributed by atoms with Crippen molar-refractivity contribution < 1.29 is 28.7 Å². The number of amides is 5. The third-order valence-corrected chi connectivity index (χ3v) is 5.34. The summed E-state index contributed by atoms with van der Waals surface area (Å²) in [5.41, 5.74) is 15.4. The molecule has 0 aromatic carbocycles. The van der Waals surface area contributed by atoms with E-state index in [0.717, 1.165) is 4.68 Å². The summed E-state index contributed by atoms with van der Waals surface area (Å²) < 4.78 is 6.06. The minimum absolute atomic E-state index is 0.0102. The monoisotopic (exact) mass is 466 g/mol. The predicted octanol–water partition coefficient (Wildman–Crippen LogP) is -2.33. The molecule has 1 aliphatic rings. The Bertz CT molecular complexity index is 929. The number of hydrogen-bond donors (Lipinski definition) is 4. The first kappa shape index (κ1) is 25.7. The van der Waals surface area contributed by atoms with E-state index in [0.29, 0.717) is 6.42 Å². The number of nitrogens with two attached hydrogens (primary N) is 3. The van der Waals surface area contributed by atoms with E-state index in [-0.39, 0.29) is 43.3 Å². The highest BCUT2D eigenvalue weighted by molar-refractivity contribution is 6.03. The molecule has 182 valence electrons. The van der Waals surface area contributed by atoms with Crippen LogP contribution in [0.1, 0.15) is 60.1 Å². The van der Waals surface area contributed by atoms with Crippen molar-refractivity contribution in [2.45, 2.75) is 51.2 Å². The number of primary amides is 3. The van der Waals surface area contributed by atoms with Gasteiger partial charge in [-0.05, 0) is 25.2 Å². The van der Waals surface area contributed by atoms with E-state index in [2.05, 4.69) is 15.6 Å². The van der Waals surface area contributed by atoms with Crippen LogP contribution in [0, 0.1) is 5.92 Å². The quantitative estimate of drug-likeness (QED) is 0.292. The lowest BCUT2D eigenvalue weighted by Gasteiger charge is -2.39. The number of rotatable bonds is 10. The van der Waals surface area contributed by atoms with Crippen LogP contribution in [0.3, 0.4) is 0 Å². The Labute approximate surface area is 190 Å². The second-order valence-electron chi connectivity index (χ2n) is 8.27. The van der Waals surface area contributed by atoms with Crippen LogP contribution >= 0.6 is 0 Å². The number of carbonyl (C=O) groups is 5. The first-order valence-corrected chi connectivity index (χ1v) is 10.4. The SMILES string of the molecule is COCC(=O)N1CC[C@H](n2nnc(C(N)=O)c2C(N)=O)C[C@H]1C(=O)N[C@H](CC(C)C)C(N)=O. The molecule has 2 rings (SSSR count). The van der Waals surface area contributed by atoms with Crippen LogP contribution in [0.5, 0.6) is 0 Å². The topological polar surface area (TPSA) is 219 Å². The Balaban J connectivity index is 2.37. The number of methoxy groups -OCH3 is 1. The standard InChI is InChI=1S/C19H30N8O6/c1-9(2)6-11(16(20)29)23-19(32)12-7-10(4-5-26(12)13(28)8-33-3)27-15(18(22)31)14(17(21)30)24-25-27/h9-12H,4-8H2,1-3H3,(H2,20,29)(H2,21,30)(H2,22,31)(H,23,32)/t10-,11+,12-/m0/s1. The van der Waals surface area contributed by atoms with Gasteiger partial charge in [0.2, 0.25) is 17.7 Å². The lowest BCUT2D eigenvalue weighted by molar-refractivity contribution is -0.146. The van der Waals surface area contributed by atoms with Gasteiger partial charge in [-0.2, -0.15) is 0 Å². The fraction of sp³-hybridized carbons (Fsp3) is 0.632. The van der Waals surface area contributed by atoms with Crippen molar-refractivity contribution in [1.82, 2.24) is 25.2 Å². The van der Waals surface area contributed by atoms with Crippen molar-refractivity contribution in [3.63, 3.8) is 0 Å². The Morgan fingerprint density at radius 2 is 1.82 bits per heavy atom. The van der Waals surface area contributed by atoms with E-state index in [1.165, 1.54) is 12.0 Å². The van der Waals surface area contributed by atoms with Crippen LogP contribution in [0.4, 0.5) is 0 Å². The first-order chi connectivity index (χ1) is 15.5. The molecule has 7 N–H and O–H groups in total. The Kier molecular flexibility index (Phi) is 8.45. The second kappa shape index (κ2) is 10.8. The summed E-state index contributed by atoms with van der Waals surface area (Å²) >= 11 is 0. The minimum Gasteiger partial charge on any atom is -0.375 e. The maximum absolute atomic E-state index is 13.2. The number of nitrogens with one attached hydrogen (secondary N) is 1. The van der Waals surface area contributed by atoms with Gasteiger partial charge in [0.1, 0.15) is 18.7 Å². The molecule has 2 heterocycles. The molecule has 33 heavy (non-hydrogen) atoms. The minimum atomic E-state index is -1.03. The van der Waals surface area contributed by atoms with Gasteiger partial charge in [0.15, 0.2) is 11.4 Å². The second-order valence-corrected chi connectivity index (χ2v) is 8.27. The van der Waals surface area contributed by atoms with Gasteiger partial charge in [-0.1, -0.05) is 19.1 Å². The van der Waals surface area contributed by atoms with Crippen LogP contribution in [0.2, 0.25) is 0 Å². The number of nitrogens with zero attached hydrogens (tertiary/aromatic N) is 4. The number of ether oxygens (including phenoxy) is 1. The molecule has 1 aromatic heterocycles. The highest BCUT2D eigenvalue weighted by atomic mass is 16.5. The van der Waals surface area contributed by atoms with Gasteiger partial charge in [0, 0.05) is 13.7 Å². The molecule has 5 amide bonds. The zero-order valence-corrected chi connectivity index (χ0v) is 18.8. The molecule has 0 saturated carbocycles. The van der Waals surface area contributed by atoms with Gasteiger partial charge in [-0.15, -0.1) is 5.10 Å². The van der Waals surface area contributed by atoms with Crippen LogP contribution in [-0.2, 0) is 19.1 Å². The Hall–Kier alpha value is -3.55. The summed E-state index contributed by atoms with van der Waals surface area (Å²) in [6, 6.07) is -2.55. The Morgan fingerprint density at radius 1 is 1.15 bits per heavy atom. The average Bonchev–Trinajstić information content (AvgIpc) is 3.18. The lowest BCUT2D eigenvalue weighted by atomic mass is 9.95. The third kappa shape index (κ3) is 6.03. The van der Waals surface area contributed by atoms with E-state index in [9.17, 15) is 24.0 Å². The van der Waals surface area contributed by atoms with Gasteiger partial charge in [0.25, 0.3) is 11.8 Å². The molecule has 0 unspecified atom stereocenters. The summed E-state index contributed by atoms with van der Waals surface area (Å²) in [5.74, 6) is -3.58. The molecule has 0 spiro atoms. The van der Waals surface area contributed by atoms with Crippen molar-refractivity contribution in [3.05, 3.63) is 11.4 Å². The van der Waals surface area contributed by atoms with Crippen LogP contribution in [0.15, 0.2) is 0 Å². The van der Waals surface area contributed by atoms with Gasteiger partial charge < -0.3 is 32.2 Å². The normalized spacial score (nSPS) is 19.2. The van der Waals surface area contributed by atoms with Crippen LogP contribution in [0.25, 0.3) is 0 Å². The fourth-order valence-corrected chi connectivity index (χ4v) is 3.85. The molecule has 0 aliphatic carbocycles. The van der Waals surface area contributed by atoms with Gasteiger partial charge in [-0.25, -0.2) is 4.68 Å². The molecular formula is C19H30N8O6. The van der Waals surface area contributed by atoms with E-state index in [4.69, 9.17) is 21.9 Å². The van der Waals surface area contributed by atoms with Crippen molar-refractivity contribution in [2.24, 2.45) is 23.1 Å². The smallest absolute Gasteiger partial charge is 0.271 e. The molecule has 1 aliphatic heterocycles. The maximum atomic E-state index is 13.2. The molecule has 3 atom stereocenters. The number of hydrogen-bond acceptors (Lipinski definition) is 8. The highest BCUT2D eigenvalue weighted by Crippen LogP contribution is 2.29. The maximum Gasteiger partial charge on any atom is 0.271 e. The number of piperidine rings is 1. The molecule has 1 fully saturated rings. The van der Waals surface area contributed by atoms with E-state index in [1.807, 2.05) is 13.8 Å². The van der Waals surface area contributed by atoms with Crippen molar-refractivity contribution >= 4 is 29.5 Å². The lowest BCUT2D eigenvalue weighted by Crippen LogP contribution is -2.57. The van der Waals surface area contributed by atoms with Gasteiger partial charge in [0.05, 0.1) is 6.04 Å². The number of likely N-dealkylation sites (tertiary alicyclic amines) is 1. The highest BCUT2D eigenvalue weighted by Gasteiger charge is 2.40. The largest absolute Gasteiger partial charge is 0.375 e. The molecule has 14 heteroatoms. The summed E-state index contributed by atoms with van der Waals surface area (Å²) in [6.07, 6.45) is 0.614. The van der Waals surface area contributed by atoms with Crippen LogP contribution in [-0.4, -0.2) is 81.8 Å². The average molecular weight is 466 g/mol. The Morgan fingerprint density at radius 3 is 2.33 bits per heavy atom. The van der Waals surface area contributed by atoms with Gasteiger partial charge in [-0.3, -0.25) is 24.0 Å². The molecular weight excluding hydrogens is 436 g/mol. The zero-order valence-electron chi connectivity index (χ0n) is 18.8. The van der Waals surface area contributed by atoms with Crippen molar-refractivity contribution in [2.75, 3.05) is 20.3 Å². The summed E-state index contributed by atoms with van der Waals surface area (Å²) in [4.78, 5) is 62.5. The van der Waals surface area contributed by atoms with E-state index in [1.54, 1.807) is 0 Å². The van der Waals surface area contributed by atoms with Crippen molar-refractivity contribution in [1.29, 1.82) is 0 Å². The molecule has 1 aromatic rings. The number of carbonyl (C=O) groups excluding carboxylic acids is 5. The van der Waals surface area contributed by atoms with E-state index >= 15 is 0 Å². The fourth-order valence-electron chi connectivity index (χ4n) is 3.85. The molecule has 1 saturated heterocycles. The molecule has 0 bridgehead atoms.